The average molecular weight is 409 g/mol. The van der Waals surface area contributed by atoms with Gasteiger partial charge in [-0.05, 0) is 51.8 Å². The molecule has 1 amide bonds. The Bertz CT molecular complexity index is 705. The van der Waals surface area contributed by atoms with Crippen molar-refractivity contribution in [1.82, 2.24) is 0 Å². The molecule has 0 atom stereocenters. The number of ether oxygens (including phenoxy) is 1. The van der Waals surface area contributed by atoms with Gasteiger partial charge >= 0.3 is 6.36 Å². The fraction of sp³-hybridized carbons (Fsp3) is 0.133. The van der Waals surface area contributed by atoms with Crippen LogP contribution in [-0.2, 0) is 5.88 Å². The van der Waals surface area contributed by atoms with E-state index in [0.29, 0.717) is 17.1 Å². The maximum atomic E-state index is 12.2. The molecule has 1 N–H and O–H groups in total. The summed E-state index contributed by atoms with van der Waals surface area (Å²) in [6.07, 6.45) is -4.78. The number of hydrogen-bond donors (Lipinski definition) is 1. The molecule has 122 valence electrons. The van der Waals surface area contributed by atoms with Crippen LogP contribution in [0.1, 0.15) is 15.9 Å². The molecule has 0 bridgehead atoms. The van der Waals surface area contributed by atoms with E-state index < -0.39 is 6.36 Å². The van der Waals surface area contributed by atoms with E-state index >= 15 is 0 Å². The molecule has 2 aromatic carbocycles. The molecule has 23 heavy (non-hydrogen) atoms. The van der Waals surface area contributed by atoms with Crippen molar-refractivity contribution in [3.05, 3.63) is 58.1 Å². The Kier molecular flexibility index (Phi) is 5.54. The Morgan fingerprint density at radius 1 is 1.17 bits per heavy atom. The first kappa shape index (κ1) is 17.6. The van der Waals surface area contributed by atoms with Crippen molar-refractivity contribution in [2.24, 2.45) is 0 Å². The maximum Gasteiger partial charge on any atom is 0.573 e. The van der Waals surface area contributed by atoms with Crippen LogP contribution in [-0.4, -0.2) is 12.3 Å². The fourth-order valence-corrected chi connectivity index (χ4v) is 2.37. The van der Waals surface area contributed by atoms with Crippen molar-refractivity contribution in [2.45, 2.75) is 12.2 Å². The first-order chi connectivity index (χ1) is 10.8. The SMILES string of the molecule is O=C(Nc1ccc(OC(F)(F)F)c(Br)c1)c1ccc(CCl)cc1. The number of benzene rings is 2. The van der Waals surface area contributed by atoms with E-state index in [9.17, 15) is 18.0 Å². The topological polar surface area (TPSA) is 38.3 Å². The number of nitrogens with one attached hydrogen (secondary N) is 1. The van der Waals surface area contributed by atoms with Crippen LogP contribution in [0.4, 0.5) is 18.9 Å². The van der Waals surface area contributed by atoms with Crippen LogP contribution in [0.15, 0.2) is 46.9 Å². The summed E-state index contributed by atoms with van der Waals surface area (Å²) in [5, 5.41) is 2.59. The number of alkyl halides is 4. The number of carbonyl (C=O) groups is 1. The van der Waals surface area contributed by atoms with Crippen molar-refractivity contribution in [1.29, 1.82) is 0 Å². The van der Waals surface area contributed by atoms with Crippen LogP contribution in [0, 0.1) is 0 Å². The first-order valence-electron chi connectivity index (χ1n) is 6.30. The lowest BCUT2D eigenvalue weighted by Crippen LogP contribution is -2.17. The minimum atomic E-state index is -4.78. The van der Waals surface area contributed by atoms with Gasteiger partial charge in [-0.15, -0.1) is 24.8 Å². The lowest BCUT2D eigenvalue weighted by atomic mass is 10.1. The molecule has 0 aliphatic rings. The number of hydrogen-bond acceptors (Lipinski definition) is 2. The second-order valence-electron chi connectivity index (χ2n) is 4.48. The molecule has 8 heteroatoms. The van der Waals surface area contributed by atoms with Crippen LogP contribution in [0.25, 0.3) is 0 Å². The van der Waals surface area contributed by atoms with Crippen molar-refractivity contribution >= 4 is 39.1 Å². The van der Waals surface area contributed by atoms with Crippen LogP contribution in [0.3, 0.4) is 0 Å². The Labute approximate surface area is 143 Å². The molecule has 0 aliphatic heterocycles. The van der Waals surface area contributed by atoms with Crippen molar-refractivity contribution < 1.29 is 22.7 Å². The third kappa shape index (κ3) is 5.14. The first-order valence-corrected chi connectivity index (χ1v) is 7.63. The summed E-state index contributed by atoms with van der Waals surface area (Å²) in [7, 11) is 0. The molecule has 2 aromatic rings. The molecule has 0 saturated carbocycles. The molecular weight excluding hydrogens is 399 g/mol. The minimum Gasteiger partial charge on any atom is -0.405 e. The lowest BCUT2D eigenvalue weighted by Gasteiger charge is -2.12. The number of amides is 1. The summed E-state index contributed by atoms with van der Waals surface area (Å²) >= 11 is 8.64. The van der Waals surface area contributed by atoms with Gasteiger partial charge in [0.05, 0.1) is 4.47 Å². The minimum absolute atomic E-state index is 0.0742. The van der Waals surface area contributed by atoms with E-state index in [1.165, 1.54) is 12.1 Å². The van der Waals surface area contributed by atoms with Gasteiger partial charge in [0, 0.05) is 17.1 Å². The Morgan fingerprint density at radius 3 is 2.35 bits per heavy atom. The van der Waals surface area contributed by atoms with Crippen LogP contribution < -0.4 is 10.1 Å². The summed E-state index contributed by atoms with van der Waals surface area (Å²) in [4.78, 5) is 12.1. The normalized spacial score (nSPS) is 11.2. The summed E-state index contributed by atoms with van der Waals surface area (Å²) < 4.78 is 40.5. The molecule has 0 radical (unpaired) electrons. The van der Waals surface area contributed by atoms with E-state index in [2.05, 4.69) is 26.0 Å². The van der Waals surface area contributed by atoms with E-state index in [1.807, 2.05) is 0 Å². The zero-order valence-electron chi connectivity index (χ0n) is 11.5. The Hall–Kier alpha value is -1.73. The third-order valence-corrected chi connectivity index (χ3v) is 3.71. The van der Waals surface area contributed by atoms with Crippen molar-refractivity contribution in [3.63, 3.8) is 0 Å². The van der Waals surface area contributed by atoms with Gasteiger partial charge in [0.25, 0.3) is 5.91 Å². The van der Waals surface area contributed by atoms with E-state index in [4.69, 9.17) is 11.6 Å². The van der Waals surface area contributed by atoms with E-state index in [-0.39, 0.29) is 16.1 Å². The van der Waals surface area contributed by atoms with Crippen molar-refractivity contribution in [3.8, 4) is 5.75 Å². The van der Waals surface area contributed by atoms with Crippen molar-refractivity contribution in [2.75, 3.05) is 5.32 Å². The predicted molar refractivity (Wildman–Crippen MR) is 84.8 cm³/mol. The van der Waals surface area contributed by atoms with Gasteiger partial charge in [-0.3, -0.25) is 4.79 Å². The summed E-state index contributed by atoms with van der Waals surface area (Å²) in [5.41, 5.74) is 1.61. The monoisotopic (exact) mass is 407 g/mol. The maximum absolute atomic E-state index is 12.2. The fourth-order valence-electron chi connectivity index (χ4n) is 1.73. The van der Waals surface area contributed by atoms with Gasteiger partial charge in [-0.25, -0.2) is 0 Å². The standard InChI is InChI=1S/C15H10BrClF3NO2/c16-12-7-11(5-6-13(12)23-15(18,19)20)21-14(22)10-3-1-9(8-17)2-4-10/h1-7H,8H2,(H,21,22). The molecule has 0 spiro atoms. The van der Waals surface area contributed by atoms with Gasteiger partial charge in [0.1, 0.15) is 5.75 Å². The number of anilines is 1. The smallest absolute Gasteiger partial charge is 0.405 e. The molecule has 0 unspecified atom stereocenters. The van der Waals surface area contributed by atoms with Crippen LogP contribution in [0.2, 0.25) is 0 Å². The molecule has 0 aromatic heterocycles. The zero-order chi connectivity index (χ0) is 17.0. The van der Waals surface area contributed by atoms with Gasteiger partial charge in [-0.1, -0.05) is 12.1 Å². The van der Waals surface area contributed by atoms with Gasteiger partial charge in [-0.2, -0.15) is 0 Å². The largest absolute Gasteiger partial charge is 0.573 e. The predicted octanol–water partition coefficient (Wildman–Crippen LogP) is 5.34. The van der Waals surface area contributed by atoms with Gasteiger partial charge in [0.2, 0.25) is 0 Å². The molecular formula is C15H10BrClF3NO2. The van der Waals surface area contributed by atoms with Gasteiger partial charge in [0.15, 0.2) is 0 Å². The number of rotatable bonds is 4. The second kappa shape index (κ2) is 7.23. The van der Waals surface area contributed by atoms with Gasteiger partial charge < -0.3 is 10.1 Å². The highest BCUT2D eigenvalue weighted by Gasteiger charge is 2.31. The lowest BCUT2D eigenvalue weighted by molar-refractivity contribution is -0.274. The van der Waals surface area contributed by atoms with E-state index in [1.54, 1.807) is 24.3 Å². The summed E-state index contributed by atoms with van der Waals surface area (Å²) in [6, 6.07) is 10.4. The molecule has 0 fully saturated rings. The molecule has 0 heterocycles. The average Bonchev–Trinajstić information content (AvgIpc) is 2.49. The highest BCUT2D eigenvalue weighted by Crippen LogP contribution is 2.32. The highest BCUT2D eigenvalue weighted by molar-refractivity contribution is 9.10. The second-order valence-corrected chi connectivity index (χ2v) is 5.60. The Balaban J connectivity index is 2.10. The number of carbonyl (C=O) groups excluding carboxylic acids is 1. The van der Waals surface area contributed by atoms with Crippen LogP contribution in [0.5, 0.6) is 5.75 Å². The third-order valence-electron chi connectivity index (χ3n) is 2.79. The molecule has 0 aliphatic carbocycles. The Morgan fingerprint density at radius 2 is 1.83 bits per heavy atom. The van der Waals surface area contributed by atoms with Crippen LogP contribution >= 0.6 is 27.5 Å². The zero-order valence-corrected chi connectivity index (χ0v) is 13.8. The summed E-state index contributed by atoms with van der Waals surface area (Å²) in [6.45, 7) is 0. The molecule has 3 nitrogen and oxygen atoms in total. The summed E-state index contributed by atoms with van der Waals surface area (Å²) in [5.74, 6) is -0.431. The highest BCUT2D eigenvalue weighted by atomic mass is 79.9. The molecule has 2 rings (SSSR count). The number of halogens is 5. The quantitative estimate of drug-likeness (QED) is 0.694. The molecule has 0 saturated heterocycles. The van der Waals surface area contributed by atoms with E-state index in [0.717, 1.165) is 11.6 Å².